The first kappa shape index (κ1) is 18.0. The molecule has 0 unspecified atom stereocenters. The van der Waals surface area contributed by atoms with Crippen LogP contribution in [0.5, 0.6) is 5.75 Å². The second kappa shape index (κ2) is 7.19. The lowest BCUT2D eigenvalue weighted by Crippen LogP contribution is -2.65. The van der Waals surface area contributed by atoms with E-state index in [1.807, 2.05) is 18.2 Å². The number of halogens is 1. The number of aliphatic hydroxyl groups excluding tert-OH is 3. The summed E-state index contributed by atoms with van der Waals surface area (Å²) >= 11 is 6.19. The van der Waals surface area contributed by atoms with Crippen LogP contribution < -0.4 is 10.1 Å². The summed E-state index contributed by atoms with van der Waals surface area (Å²) in [4.78, 5) is 14.4. The molecular weight excluding hydrogens is 352 g/mol. The molecule has 25 heavy (non-hydrogen) atoms. The number of hydrogen-bond acceptors (Lipinski definition) is 6. The Morgan fingerprint density at radius 1 is 1.36 bits per heavy atom. The second-order valence-corrected chi connectivity index (χ2v) is 6.24. The molecule has 0 saturated carbocycles. The average molecular weight is 371 g/mol. The van der Waals surface area contributed by atoms with E-state index in [2.05, 4.69) is 10.3 Å². The molecule has 1 aromatic carbocycles. The molecule has 3 rings (SSSR count). The Morgan fingerprint density at radius 2 is 2.08 bits per heavy atom. The van der Waals surface area contributed by atoms with E-state index >= 15 is 0 Å². The van der Waals surface area contributed by atoms with Crippen molar-refractivity contribution in [2.24, 2.45) is 0 Å². The van der Waals surface area contributed by atoms with E-state index in [1.165, 1.54) is 6.92 Å². The first-order chi connectivity index (χ1) is 11.9. The fourth-order valence-electron chi connectivity index (χ4n) is 2.89. The van der Waals surface area contributed by atoms with Crippen LogP contribution in [0.1, 0.15) is 6.92 Å². The standard InChI is InChI=1S/C16H19ClN2O6/c1-7(21)18-11-13(23)12(22)10(6-20)24-16(11)25-14-8-4-2-3-5-9(8)19-15(14)17/h2-5,10-13,16,19-20,22-23H,6H2,1H3,(H,18,21)/t10-,11-,12-,13-,16+/m1/s1. The van der Waals surface area contributed by atoms with Gasteiger partial charge in [0, 0.05) is 12.3 Å². The fraction of sp³-hybridized carbons (Fsp3) is 0.438. The van der Waals surface area contributed by atoms with E-state index in [9.17, 15) is 20.1 Å². The molecule has 0 spiro atoms. The third-order valence-corrected chi connectivity index (χ3v) is 4.37. The maximum Gasteiger partial charge on any atom is 0.223 e. The summed E-state index contributed by atoms with van der Waals surface area (Å²) in [5, 5.41) is 33.1. The first-order valence-electron chi connectivity index (χ1n) is 7.74. The third kappa shape index (κ3) is 3.44. The predicted octanol–water partition coefficient (Wildman–Crippen LogP) is 0.144. The van der Waals surface area contributed by atoms with E-state index in [0.29, 0.717) is 5.39 Å². The van der Waals surface area contributed by atoms with Crippen LogP contribution in [-0.2, 0) is 9.53 Å². The Bertz CT molecular complexity index is 766. The molecular formula is C16H19ClN2O6. The number of fused-ring (bicyclic) bond motifs is 1. The number of hydrogen-bond donors (Lipinski definition) is 5. The number of aromatic amines is 1. The maximum absolute atomic E-state index is 11.4. The van der Waals surface area contributed by atoms with Crippen LogP contribution in [0.15, 0.2) is 24.3 Å². The number of nitrogens with one attached hydrogen (secondary N) is 2. The van der Waals surface area contributed by atoms with Crippen LogP contribution in [0, 0.1) is 0 Å². The van der Waals surface area contributed by atoms with Crippen LogP contribution in [0.4, 0.5) is 0 Å². The van der Waals surface area contributed by atoms with Gasteiger partial charge in [-0.25, -0.2) is 0 Å². The Morgan fingerprint density at radius 3 is 2.76 bits per heavy atom. The average Bonchev–Trinajstić information content (AvgIpc) is 2.89. The second-order valence-electron chi connectivity index (χ2n) is 5.86. The topological polar surface area (TPSA) is 124 Å². The van der Waals surface area contributed by atoms with Crippen molar-refractivity contribution in [3.63, 3.8) is 0 Å². The molecule has 2 heterocycles. The molecule has 0 aliphatic carbocycles. The molecule has 136 valence electrons. The minimum Gasteiger partial charge on any atom is -0.459 e. The Labute approximate surface area is 148 Å². The van der Waals surface area contributed by atoms with Gasteiger partial charge in [-0.2, -0.15) is 0 Å². The number of para-hydroxylation sites is 1. The van der Waals surface area contributed by atoms with Crippen LogP contribution in [0.25, 0.3) is 10.9 Å². The molecule has 1 saturated heterocycles. The molecule has 2 aromatic rings. The number of carbonyl (C=O) groups excluding carboxylic acids is 1. The van der Waals surface area contributed by atoms with Gasteiger partial charge in [-0.05, 0) is 12.1 Å². The highest BCUT2D eigenvalue weighted by molar-refractivity contribution is 6.32. The molecule has 1 aliphatic rings. The zero-order chi connectivity index (χ0) is 18.1. The van der Waals surface area contributed by atoms with Crippen molar-refractivity contribution in [2.75, 3.05) is 6.61 Å². The lowest BCUT2D eigenvalue weighted by Gasteiger charge is -2.42. The van der Waals surface area contributed by atoms with Gasteiger partial charge in [0.15, 0.2) is 5.75 Å². The van der Waals surface area contributed by atoms with Crippen LogP contribution in [-0.4, -0.2) is 63.5 Å². The van der Waals surface area contributed by atoms with Crippen molar-refractivity contribution < 1.29 is 29.6 Å². The van der Waals surface area contributed by atoms with Crippen molar-refractivity contribution in [1.29, 1.82) is 0 Å². The summed E-state index contributed by atoms with van der Waals surface area (Å²) in [5.74, 6) is -0.140. The highest BCUT2D eigenvalue weighted by Crippen LogP contribution is 2.36. The van der Waals surface area contributed by atoms with Gasteiger partial charge in [-0.3, -0.25) is 4.79 Å². The van der Waals surface area contributed by atoms with E-state index in [1.54, 1.807) is 6.07 Å². The zero-order valence-corrected chi connectivity index (χ0v) is 14.1. The predicted molar refractivity (Wildman–Crippen MR) is 89.3 cm³/mol. The zero-order valence-electron chi connectivity index (χ0n) is 13.3. The molecule has 5 N–H and O–H groups in total. The van der Waals surface area contributed by atoms with Crippen LogP contribution in [0.2, 0.25) is 5.15 Å². The number of aromatic nitrogens is 1. The summed E-state index contributed by atoms with van der Waals surface area (Å²) < 4.78 is 11.4. The van der Waals surface area contributed by atoms with Gasteiger partial charge >= 0.3 is 0 Å². The first-order valence-corrected chi connectivity index (χ1v) is 8.12. The summed E-state index contributed by atoms with van der Waals surface area (Å²) in [6.45, 7) is 0.749. The van der Waals surface area contributed by atoms with Gasteiger partial charge in [0.2, 0.25) is 12.2 Å². The van der Waals surface area contributed by atoms with Gasteiger partial charge in [-0.15, -0.1) is 0 Å². The summed E-state index contributed by atoms with van der Waals surface area (Å²) in [5.41, 5.74) is 0.744. The number of rotatable bonds is 4. The van der Waals surface area contributed by atoms with E-state index < -0.39 is 43.2 Å². The largest absolute Gasteiger partial charge is 0.459 e. The number of benzene rings is 1. The van der Waals surface area contributed by atoms with Crippen molar-refractivity contribution in [1.82, 2.24) is 10.3 Å². The molecule has 8 nitrogen and oxygen atoms in total. The molecule has 9 heteroatoms. The van der Waals surface area contributed by atoms with Gasteiger partial charge in [0.1, 0.15) is 29.5 Å². The molecule has 1 aromatic heterocycles. The number of carbonyl (C=O) groups is 1. The Balaban J connectivity index is 1.93. The normalized spacial score (nSPS) is 29.6. The maximum atomic E-state index is 11.4. The highest BCUT2D eigenvalue weighted by atomic mass is 35.5. The molecule has 1 amide bonds. The molecule has 0 bridgehead atoms. The van der Waals surface area contributed by atoms with E-state index in [-0.39, 0.29) is 10.9 Å². The minimum absolute atomic E-state index is 0.229. The van der Waals surface area contributed by atoms with Gasteiger partial charge in [0.05, 0.1) is 12.1 Å². The molecule has 1 fully saturated rings. The SMILES string of the molecule is CC(=O)N[C@H]1[C@H](Oc2c(Cl)[nH]c3ccccc23)O[C@H](CO)[C@@H](O)[C@@H]1O. The van der Waals surface area contributed by atoms with Crippen molar-refractivity contribution in [3.05, 3.63) is 29.4 Å². The lowest BCUT2D eigenvalue weighted by molar-refractivity contribution is -0.244. The summed E-state index contributed by atoms with van der Waals surface area (Å²) in [7, 11) is 0. The lowest BCUT2D eigenvalue weighted by atomic mass is 9.97. The van der Waals surface area contributed by atoms with Crippen LogP contribution in [0.3, 0.4) is 0 Å². The minimum atomic E-state index is -1.39. The molecule has 1 aliphatic heterocycles. The Hall–Kier alpha value is -1.84. The fourth-order valence-corrected chi connectivity index (χ4v) is 3.13. The van der Waals surface area contributed by atoms with Crippen LogP contribution >= 0.6 is 11.6 Å². The quantitative estimate of drug-likeness (QED) is 0.521. The van der Waals surface area contributed by atoms with Crippen molar-refractivity contribution in [3.8, 4) is 5.75 Å². The van der Waals surface area contributed by atoms with E-state index in [0.717, 1.165) is 5.52 Å². The number of amides is 1. The highest BCUT2D eigenvalue weighted by Gasteiger charge is 2.46. The molecule has 5 atom stereocenters. The van der Waals surface area contributed by atoms with E-state index in [4.69, 9.17) is 21.1 Å². The van der Waals surface area contributed by atoms with Gasteiger partial charge in [-0.1, -0.05) is 23.7 Å². The summed E-state index contributed by atoms with van der Waals surface area (Å²) in [6.07, 6.45) is -4.98. The number of aliphatic hydroxyl groups is 3. The monoisotopic (exact) mass is 370 g/mol. The van der Waals surface area contributed by atoms with Crippen molar-refractivity contribution >= 4 is 28.4 Å². The molecule has 0 radical (unpaired) electrons. The smallest absolute Gasteiger partial charge is 0.223 e. The third-order valence-electron chi connectivity index (χ3n) is 4.10. The summed E-state index contributed by atoms with van der Waals surface area (Å²) in [6, 6.07) is 6.20. The number of H-pyrrole nitrogens is 1. The van der Waals surface area contributed by atoms with Crippen molar-refractivity contribution in [2.45, 2.75) is 37.6 Å². The van der Waals surface area contributed by atoms with Gasteiger partial charge < -0.3 is 35.1 Å². The Kier molecular flexibility index (Phi) is 5.16. The van der Waals surface area contributed by atoms with Gasteiger partial charge in [0.25, 0.3) is 0 Å². The number of ether oxygens (including phenoxy) is 2.